The molecule has 2 aliphatic rings. The average molecular weight is 376 g/mol. The summed E-state index contributed by atoms with van der Waals surface area (Å²) in [5, 5.41) is 0. The zero-order valence-corrected chi connectivity index (χ0v) is 16.8. The molecule has 1 atom stereocenters. The summed E-state index contributed by atoms with van der Waals surface area (Å²) in [5.41, 5.74) is 1.33. The maximum Gasteiger partial charge on any atom is 0.248 e. The number of carbonyl (C=O) groups is 1. The number of likely N-dealkylation sites (tertiary alicyclic amines) is 1. The Bertz CT molecular complexity index is 611. The molecule has 1 spiro atoms. The van der Waals surface area contributed by atoms with Gasteiger partial charge in [-0.15, -0.1) is 0 Å². The number of nitrogens with zero attached hydrogens (tertiary/aromatic N) is 2. The summed E-state index contributed by atoms with van der Waals surface area (Å²) in [6.45, 7) is 4.60. The highest BCUT2D eigenvalue weighted by molar-refractivity contribution is 5.76. The third kappa shape index (κ3) is 5.43. The first kappa shape index (κ1) is 20.1. The Balaban J connectivity index is 1.38. The Morgan fingerprint density at radius 2 is 2.04 bits per heavy atom. The third-order valence-electron chi connectivity index (χ3n) is 5.58. The highest BCUT2D eigenvalue weighted by Gasteiger charge is 2.47. The number of benzene rings is 1. The molecule has 0 saturated carbocycles. The molecular weight excluding hydrogens is 344 g/mol. The van der Waals surface area contributed by atoms with Gasteiger partial charge in [-0.1, -0.05) is 12.1 Å². The molecule has 0 unspecified atom stereocenters. The van der Waals surface area contributed by atoms with Gasteiger partial charge in [0.15, 0.2) is 0 Å². The highest BCUT2D eigenvalue weighted by atomic mass is 16.5. The molecule has 1 aromatic carbocycles. The topological polar surface area (TPSA) is 51.2 Å². The molecule has 0 bridgehead atoms. The molecule has 150 valence electrons. The van der Waals surface area contributed by atoms with Crippen molar-refractivity contribution < 1.29 is 19.0 Å². The second-order valence-corrected chi connectivity index (χ2v) is 8.01. The van der Waals surface area contributed by atoms with Gasteiger partial charge in [-0.2, -0.15) is 0 Å². The van der Waals surface area contributed by atoms with E-state index in [1.165, 1.54) is 5.56 Å². The number of rotatable bonds is 8. The molecular formula is C21H32N2O4. The largest absolute Gasteiger partial charge is 0.497 e. The second kappa shape index (κ2) is 9.04. The maximum atomic E-state index is 11.5. The van der Waals surface area contributed by atoms with Gasteiger partial charge >= 0.3 is 0 Å². The Kier molecular flexibility index (Phi) is 6.73. The van der Waals surface area contributed by atoms with Gasteiger partial charge in [0.25, 0.3) is 0 Å². The summed E-state index contributed by atoms with van der Waals surface area (Å²) in [6, 6.07) is 8.28. The summed E-state index contributed by atoms with van der Waals surface area (Å²) in [7, 11) is 5.20. The fraction of sp³-hybridized carbons (Fsp3) is 0.667. The number of amides is 1. The van der Waals surface area contributed by atoms with E-state index in [1.54, 1.807) is 26.1 Å². The molecule has 2 saturated heterocycles. The lowest BCUT2D eigenvalue weighted by molar-refractivity contribution is -0.182. The fourth-order valence-corrected chi connectivity index (χ4v) is 4.00. The monoisotopic (exact) mass is 376 g/mol. The average Bonchev–Trinajstić information content (AvgIpc) is 2.64. The molecule has 0 radical (unpaired) electrons. The molecule has 1 amide bonds. The first-order chi connectivity index (χ1) is 13.0. The van der Waals surface area contributed by atoms with E-state index < -0.39 is 0 Å². The summed E-state index contributed by atoms with van der Waals surface area (Å²) >= 11 is 0. The van der Waals surface area contributed by atoms with Gasteiger partial charge < -0.3 is 19.1 Å². The lowest BCUT2D eigenvalue weighted by Gasteiger charge is -2.53. The van der Waals surface area contributed by atoms with Gasteiger partial charge in [0, 0.05) is 46.9 Å². The van der Waals surface area contributed by atoms with Crippen LogP contribution in [0, 0.1) is 5.92 Å². The summed E-state index contributed by atoms with van der Waals surface area (Å²) in [6.07, 6.45) is 3.19. The first-order valence-electron chi connectivity index (χ1n) is 9.77. The minimum Gasteiger partial charge on any atom is -0.497 e. The molecule has 2 aliphatic heterocycles. The van der Waals surface area contributed by atoms with Gasteiger partial charge in [-0.05, 0) is 42.9 Å². The minimum atomic E-state index is 0.0200. The van der Waals surface area contributed by atoms with Gasteiger partial charge in [-0.25, -0.2) is 0 Å². The quantitative estimate of drug-likeness (QED) is 0.651. The standard InChI is InChI=1S/C21H32N2O4/c1-22(2)20(24)14-26-10-8-17-9-11-27-21(12-17)15-23(16-21)13-18-4-6-19(25-3)7-5-18/h4-7,17H,8-16H2,1-3H3/t17-/m1/s1. The zero-order valence-electron chi connectivity index (χ0n) is 16.8. The van der Waals surface area contributed by atoms with E-state index in [4.69, 9.17) is 14.2 Å². The molecule has 3 rings (SSSR count). The third-order valence-corrected chi connectivity index (χ3v) is 5.58. The number of likely N-dealkylation sites (N-methyl/N-ethyl adjacent to an activating group) is 1. The van der Waals surface area contributed by atoms with Crippen molar-refractivity contribution in [2.24, 2.45) is 5.92 Å². The minimum absolute atomic E-state index is 0.0200. The molecule has 6 nitrogen and oxygen atoms in total. The van der Waals surface area contributed by atoms with Gasteiger partial charge in [0.1, 0.15) is 12.4 Å². The van der Waals surface area contributed by atoms with Crippen LogP contribution in [0.4, 0.5) is 0 Å². The van der Waals surface area contributed by atoms with Crippen LogP contribution in [0.1, 0.15) is 24.8 Å². The maximum absolute atomic E-state index is 11.5. The zero-order chi connectivity index (χ0) is 19.3. The van der Waals surface area contributed by atoms with Gasteiger partial charge in [0.05, 0.1) is 12.7 Å². The van der Waals surface area contributed by atoms with Crippen molar-refractivity contribution in [2.75, 3.05) is 54.1 Å². The molecule has 0 aliphatic carbocycles. The normalized spacial score (nSPS) is 21.7. The van der Waals surface area contributed by atoms with Crippen LogP contribution in [0.5, 0.6) is 5.75 Å². The molecule has 27 heavy (non-hydrogen) atoms. The number of hydrogen-bond acceptors (Lipinski definition) is 5. The van der Waals surface area contributed by atoms with Crippen molar-refractivity contribution in [2.45, 2.75) is 31.4 Å². The van der Waals surface area contributed by atoms with Crippen molar-refractivity contribution >= 4 is 5.91 Å². The van der Waals surface area contributed by atoms with Crippen molar-refractivity contribution in [3.8, 4) is 5.75 Å². The molecule has 1 aromatic rings. The van der Waals surface area contributed by atoms with E-state index in [0.29, 0.717) is 12.5 Å². The predicted octanol–water partition coefficient (Wildman–Crippen LogP) is 2.17. The van der Waals surface area contributed by atoms with Gasteiger partial charge in [0.2, 0.25) is 5.91 Å². The molecule has 2 fully saturated rings. The van der Waals surface area contributed by atoms with Crippen LogP contribution in [0.25, 0.3) is 0 Å². The van der Waals surface area contributed by atoms with Crippen LogP contribution >= 0.6 is 0 Å². The Morgan fingerprint density at radius 1 is 1.30 bits per heavy atom. The Morgan fingerprint density at radius 3 is 2.70 bits per heavy atom. The van der Waals surface area contributed by atoms with E-state index >= 15 is 0 Å². The lowest BCUT2D eigenvalue weighted by Crippen LogP contribution is -2.64. The van der Waals surface area contributed by atoms with E-state index in [2.05, 4.69) is 17.0 Å². The van der Waals surface area contributed by atoms with Crippen LogP contribution < -0.4 is 4.74 Å². The summed E-state index contributed by atoms with van der Waals surface area (Å²) < 4.78 is 16.9. The van der Waals surface area contributed by atoms with Crippen molar-refractivity contribution in [1.82, 2.24) is 9.80 Å². The fourth-order valence-electron chi connectivity index (χ4n) is 4.00. The second-order valence-electron chi connectivity index (χ2n) is 8.01. The number of ether oxygens (including phenoxy) is 3. The molecule has 6 heteroatoms. The number of carbonyl (C=O) groups excluding carboxylic acids is 1. The predicted molar refractivity (Wildman–Crippen MR) is 104 cm³/mol. The molecule has 0 aromatic heterocycles. The van der Waals surface area contributed by atoms with Crippen LogP contribution in [0.2, 0.25) is 0 Å². The van der Waals surface area contributed by atoms with E-state index in [-0.39, 0.29) is 18.1 Å². The van der Waals surface area contributed by atoms with Crippen LogP contribution in [0.3, 0.4) is 0 Å². The van der Waals surface area contributed by atoms with Crippen LogP contribution in [-0.4, -0.2) is 75.4 Å². The van der Waals surface area contributed by atoms with Gasteiger partial charge in [-0.3, -0.25) is 9.69 Å². The van der Waals surface area contributed by atoms with E-state index in [1.807, 2.05) is 12.1 Å². The smallest absolute Gasteiger partial charge is 0.248 e. The van der Waals surface area contributed by atoms with Crippen molar-refractivity contribution in [1.29, 1.82) is 0 Å². The van der Waals surface area contributed by atoms with E-state index in [9.17, 15) is 4.79 Å². The van der Waals surface area contributed by atoms with E-state index in [0.717, 1.165) is 51.3 Å². The summed E-state index contributed by atoms with van der Waals surface area (Å²) in [5.74, 6) is 1.54. The van der Waals surface area contributed by atoms with Crippen molar-refractivity contribution in [3.05, 3.63) is 29.8 Å². The SMILES string of the molecule is COc1ccc(CN2CC3(C[C@H](CCOCC(=O)N(C)C)CCO3)C2)cc1. The van der Waals surface area contributed by atoms with Crippen LogP contribution in [-0.2, 0) is 20.8 Å². The highest BCUT2D eigenvalue weighted by Crippen LogP contribution is 2.38. The number of hydrogen-bond donors (Lipinski definition) is 0. The Hall–Kier alpha value is -1.63. The Labute approximate surface area is 162 Å². The summed E-state index contributed by atoms with van der Waals surface area (Å²) in [4.78, 5) is 15.5. The molecule has 2 heterocycles. The lowest BCUT2D eigenvalue weighted by atomic mass is 9.79. The first-order valence-corrected chi connectivity index (χ1v) is 9.77. The molecule has 0 N–H and O–H groups in total. The number of methoxy groups -OCH3 is 1. The van der Waals surface area contributed by atoms with Crippen molar-refractivity contribution in [3.63, 3.8) is 0 Å². The van der Waals surface area contributed by atoms with Crippen LogP contribution in [0.15, 0.2) is 24.3 Å².